The topological polar surface area (TPSA) is 50.4 Å². The Balaban J connectivity index is 1.74. The number of thiocarbonyl (C=S) groups is 1. The molecule has 0 heterocycles. The Hall–Kier alpha value is -2.40. The second kappa shape index (κ2) is 9.18. The number of carbonyl (C=O) groups is 1. The van der Waals surface area contributed by atoms with Gasteiger partial charge >= 0.3 is 0 Å². The average Bonchev–Trinajstić information content (AvgIpc) is 2.56. The third kappa shape index (κ3) is 6.19. The molecule has 1 amide bonds. The number of carbonyl (C=O) groups excluding carboxylic acids is 1. The van der Waals surface area contributed by atoms with Crippen LogP contribution < -0.4 is 15.4 Å². The third-order valence-electron chi connectivity index (χ3n) is 3.73. The smallest absolute Gasteiger partial charge is 0.226 e. The van der Waals surface area contributed by atoms with Gasteiger partial charge in [0.15, 0.2) is 5.11 Å². The summed E-state index contributed by atoms with van der Waals surface area (Å²) in [5, 5.41) is 6.17. The highest BCUT2D eigenvalue weighted by Crippen LogP contribution is 2.21. The number of anilines is 1. The maximum atomic E-state index is 12.0. The quantitative estimate of drug-likeness (QED) is 0.599. The molecule has 2 N–H and O–H groups in total. The Labute approximate surface area is 154 Å². The minimum absolute atomic E-state index is 0.114. The molecule has 0 unspecified atom stereocenters. The molecule has 0 atom stereocenters. The molecular weight excluding hydrogens is 332 g/mol. The molecule has 0 bridgehead atoms. The van der Waals surface area contributed by atoms with Crippen LogP contribution in [-0.4, -0.2) is 17.6 Å². The van der Waals surface area contributed by atoms with E-state index in [1.54, 1.807) is 0 Å². The number of amides is 1. The van der Waals surface area contributed by atoms with E-state index in [-0.39, 0.29) is 5.91 Å². The van der Waals surface area contributed by atoms with Crippen molar-refractivity contribution in [1.82, 2.24) is 5.32 Å². The van der Waals surface area contributed by atoms with Gasteiger partial charge in [0.25, 0.3) is 0 Å². The molecule has 2 aromatic rings. The number of aryl methyl sites for hydroxylation is 3. The summed E-state index contributed by atoms with van der Waals surface area (Å²) >= 11 is 5.25. The molecular formula is C20H24N2O2S. The van der Waals surface area contributed by atoms with Crippen LogP contribution in [0.3, 0.4) is 0 Å². The zero-order valence-corrected chi connectivity index (χ0v) is 15.7. The molecule has 4 nitrogen and oxygen atoms in total. The van der Waals surface area contributed by atoms with E-state index in [1.165, 1.54) is 5.56 Å². The predicted molar refractivity (Wildman–Crippen MR) is 106 cm³/mol. The van der Waals surface area contributed by atoms with Crippen molar-refractivity contribution < 1.29 is 9.53 Å². The van der Waals surface area contributed by atoms with Crippen molar-refractivity contribution in [3.05, 3.63) is 59.2 Å². The minimum atomic E-state index is -0.114. The lowest BCUT2D eigenvalue weighted by atomic mass is 10.1. The van der Waals surface area contributed by atoms with Gasteiger partial charge in [-0.3, -0.25) is 4.79 Å². The molecule has 0 saturated heterocycles. The van der Waals surface area contributed by atoms with Gasteiger partial charge in [-0.05, 0) is 62.7 Å². The number of hydrogen-bond donors (Lipinski definition) is 2. The van der Waals surface area contributed by atoms with E-state index in [9.17, 15) is 4.79 Å². The summed E-state index contributed by atoms with van der Waals surface area (Å²) in [6.45, 7) is 6.59. The molecule has 0 spiro atoms. The second-order valence-electron chi connectivity index (χ2n) is 6.04. The maximum absolute atomic E-state index is 12.0. The normalized spacial score (nSPS) is 10.2. The van der Waals surface area contributed by atoms with Gasteiger partial charge in [-0.2, -0.15) is 0 Å². The number of hydrogen-bond acceptors (Lipinski definition) is 3. The molecule has 0 aliphatic heterocycles. The van der Waals surface area contributed by atoms with Crippen molar-refractivity contribution >= 4 is 28.9 Å². The molecule has 5 heteroatoms. The summed E-state index contributed by atoms with van der Waals surface area (Å²) < 4.78 is 5.57. The summed E-state index contributed by atoms with van der Waals surface area (Å²) in [5.41, 5.74) is 4.35. The van der Waals surface area contributed by atoms with E-state index in [0.717, 1.165) is 22.6 Å². The van der Waals surface area contributed by atoms with Gasteiger partial charge in [-0.15, -0.1) is 0 Å². The third-order valence-corrected chi connectivity index (χ3v) is 3.93. The first-order valence-electron chi connectivity index (χ1n) is 8.32. The first kappa shape index (κ1) is 18.9. The van der Waals surface area contributed by atoms with Crippen LogP contribution >= 0.6 is 12.2 Å². The highest BCUT2D eigenvalue weighted by atomic mass is 32.1. The van der Waals surface area contributed by atoms with Crippen molar-refractivity contribution in [3.8, 4) is 5.75 Å². The van der Waals surface area contributed by atoms with E-state index in [0.29, 0.717) is 24.6 Å². The monoisotopic (exact) mass is 356 g/mol. The molecule has 0 saturated carbocycles. The minimum Gasteiger partial charge on any atom is -0.494 e. The number of para-hydroxylation sites is 1. The van der Waals surface area contributed by atoms with E-state index in [4.69, 9.17) is 17.0 Å². The van der Waals surface area contributed by atoms with Gasteiger partial charge in [0.1, 0.15) is 5.75 Å². The summed E-state index contributed by atoms with van der Waals surface area (Å²) in [6.07, 6.45) is 0.993. The predicted octanol–water partition coefficient (Wildman–Crippen LogP) is 4.28. The number of ether oxygens (including phenoxy) is 1. The fraction of sp³-hybridized carbons (Fsp3) is 0.300. The number of rotatable bonds is 6. The summed E-state index contributed by atoms with van der Waals surface area (Å²) in [7, 11) is 0. The van der Waals surface area contributed by atoms with Gasteiger partial charge in [0, 0.05) is 12.1 Å². The molecule has 2 rings (SSSR count). The molecule has 0 aliphatic carbocycles. The Bertz CT molecular complexity index is 722. The molecule has 0 radical (unpaired) electrons. The van der Waals surface area contributed by atoms with Crippen LogP contribution in [0, 0.1) is 20.8 Å². The average molecular weight is 356 g/mol. The zero-order valence-electron chi connectivity index (χ0n) is 14.9. The van der Waals surface area contributed by atoms with Crippen molar-refractivity contribution in [2.24, 2.45) is 0 Å². The van der Waals surface area contributed by atoms with E-state index in [1.807, 2.05) is 44.2 Å². The first-order valence-corrected chi connectivity index (χ1v) is 8.73. The van der Waals surface area contributed by atoms with E-state index < -0.39 is 0 Å². The van der Waals surface area contributed by atoms with Gasteiger partial charge in [0.05, 0.1) is 6.61 Å². The SMILES string of the molecule is Cc1cc(C)c(NC(=S)NC(=O)CCCOc2ccccc2)c(C)c1. The standard InChI is InChI=1S/C20H24N2O2S/c1-14-12-15(2)19(16(3)13-14)22-20(25)21-18(23)10-7-11-24-17-8-5-4-6-9-17/h4-6,8-9,12-13H,7,10-11H2,1-3H3,(H2,21,22,23,25). The van der Waals surface area contributed by atoms with Gasteiger partial charge in [-0.25, -0.2) is 0 Å². The van der Waals surface area contributed by atoms with Gasteiger partial charge in [0.2, 0.25) is 5.91 Å². The molecule has 0 aromatic heterocycles. The van der Waals surface area contributed by atoms with Crippen LogP contribution in [0.2, 0.25) is 0 Å². The summed E-state index contributed by atoms with van der Waals surface area (Å²) in [6, 6.07) is 13.7. The van der Waals surface area contributed by atoms with Crippen molar-refractivity contribution in [3.63, 3.8) is 0 Å². The lowest BCUT2D eigenvalue weighted by Gasteiger charge is -2.15. The number of benzene rings is 2. The Morgan fingerprint density at radius 2 is 1.72 bits per heavy atom. The van der Waals surface area contributed by atoms with Crippen molar-refractivity contribution in [2.75, 3.05) is 11.9 Å². The van der Waals surface area contributed by atoms with Gasteiger partial charge in [-0.1, -0.05) is 35.9 Å². The summed E-state index contributed by atoms with van der Waals surface area (Å²) in [4.78, 5) is 12.0. The number of nitrogens with one attached hydrogen (secondary N) is 2. The van der Waals surface area contributed by atoms with Crippen LogP contribution in [0.1, 0.15) is 29.5 Å². The highest BCUT2D eigenvalue weighted by Gasteiger charge is 2.08. The largest absolute Gasteiger partial charge is 0.494 e. The van der Waals surface area contributed by atoms with Gasteiger partial charge < -0.3 is 15.4 Å². The van der Waals surface area contributed by atoms with Crippen molar-refractivity contribution in [1.29, 1.82) is 0 Å². The lowest BCUT2D eigenvalue weighted by molar-refractivity contribution is -0.119. The Morgan fingerprint density at radius 1 is 1.08 bits per heavy atom. The first-order chi connectivity index (χ1) is 12.0. The van der Waals surface area contributed by atoms with E-state index >= 15 is 0 Å². The van der Waals surface area contributed by atoms with Crippen LogP contribution in [0.15, 0.2) is 42.5 Å². The molecule has 2 aromatic carbocycles. The fourth-order valence-corrected chi connectivity index (χ4v) is 2.87. The molecule has 25 heavy (non-hydrogen) atoms. The lowest BCUT2D eigenvalue weighted by Crippen LogP contribution is -2.34. The zero-order chi connectivity index (χ0) is 18.2. The second-order valence-corrected chi connectivity index (χ2v) is 6.45. The fourth-order valence-electron chi connectivity index (χ4n) is 2.65. The molecule has 0 fully saturated rings. The summed E-state index contributed by atoms with van der Waals surface area (Å²) in [5.74, 6) is 0.696. The van der Waals surface area contributed by atoms with Crippen LogP contribution in [0.25, 0.3) is 0 Å². The Morgan fingerprint density at radius 3 is 2.36 bits per heavy atom. The van der Waals surface area contributed by atoms with Crippen LogP contribution in [0.5, 0.6) is 5.75 Å². The molecule has 0 aliphatic rings. The highest BCUT2D eigenvalue weighted by molar-refractivity contribution is 7.80. The van der Waals surface area contributed by atoms with Crippen molar-refractivity contribution in [2.45, 2.75) is 33.6 Å². The van der Waals surface area contributed by atoms with Crippen LogP contribution in [0.4, 0.5) is 5.69 Å². The van der Waals surface area contributed by atoms with E-state index in [2.05, 4.69) is 29.7 Å². The Kier molecular flexibility index (Phi) is 6.95. The van der Waals surface area contributed by atoms with Crippen LogP contribution in [-0.2, 0) is 4.79 Å². The molecule has 132 valence electrons. The maximum Gasteiger partial charge on any atom is 0.226 e.